The summed E-state index contributed by atoms with van der Waals surface area (Å²) >= 11 is 0. The van der Waals surface area contributed by atoms with Crippen molar-refractivity contribution in [1.29, 1.82) is 0 Å². The van der Waals surface area contributed by atoms with Gasteiger partial charge in [-0.25, -0.2) is 8.42 Å². The van der Waals surface area contributed by atoms with Crippen LogP contribution >= 0.6 is 0 Å². The van der Waals surface area contributed by atoms with E-state index in [4.69, 9.17) is 10.5 Å². The molecule has 0 aromatic heterocycles. The minimum atomic E-state index is -2.83. The van der Waals surface area contributed by atoms with Crippen LogP contribution in [0.4, 0.5) is 0 Å². The van der Waals surface area contributed by atoms with Crippen LogP contribution in [-0.2, 0) is 14.6 Å². The fourth-order valence-corrected chi connectivity index (χ4v) is 4.02. The molecule has 0 bridgehead atoms. The molecule has 15 heavy (non-hydrogen) atoms. The SMILES string of the molecule is NC1(COC2CCS(=O)(=O)C2)CCCC1. The topological polar surface area (TPSA) is 69.4 Å². The third-order valence-corrected chi connectivity index (χ3v) is 5.13. The van der Waals surface area contributed by atoms with Crippen molar-refractivity contribution in [3.63, 3.8) is 0 Å². The molecule has 5 heteroatoms. The van der Waals surface area contributed by atoms with Crippen LogP contribution in [-0.4, -0.2) is 38.2 Å². The third kappa shape index (κ3) is 2.92. The van der Waals surface area contributed by atoms with Crippen molar-refractivity contribution < 1.29 is 13.2 Å². The van der Waals surface area contributed by atoms with Gasteiger partial charge in [-0.15, -0.1) is 0 Å². The molecular formula is C10H19NO3S. The first-order chi connectivity index (χ1) is 6.99. The van der Waals surface area contributed by atoms with Gasteiger partial charge in [-0.3, -0.25) is 0 Å². The molecule has 2 aliphatic rings. The largest absolute Gasteiger partial charge is 0.375 e. The average Bonchev–Trinajstić information content (AvgIpc) is 2.70. The van der Waals surface area contributed by atoms with Crippen molar-refractivity contribution in [3.8, 4) is 0 Å². The number of hydrogen-bond acceptors (Lipinski definition) is 4. The van der Waals surface area contributed by atoms with Crippen molar-refractivity contribution in [1.82, 2.24) is 0 Å². The van der Waals surface area contributed by atoms with E-state index < -0.39 is 9.84 Å². The molecule has 88 valence electrons. The van der Waals surface area contributed by atoms with Crippen LogP contribution < -0.4 is 5.73 Å². The van der Waals surface area contributed by atoms with Gasteiger partial charge in [0.2, 0.25) is 0 Å². The maximum atomic E-state index is 11.2. The molecule has 1 atom stereocenters. The van der Waals surface area contributed by atoms with Gasteiger partial charge in [0.25, 0.3) is 0 Å². The molecule has 4 nitrogen and oxygen atoms in total. The second-order valence-corrected chi connectivity index (χ2v) is 7.13. The summed E-state index contributed by atoms with van der Waals surface area (Å²) in [4.78, 5) is 0. The lowest BCUT2D eigenvalue weighted by Crippen LogP contribution is -2.42. The van der Waals surface area contributed by atoms with Crippen LogP contribution in [0.25, 0.3) is 0 Å². The molecule has 1 saturated carbocycles. The zero-order valence-electron chi connectivity index (χ0n) is 8.94. The fourth-order valence-electron chi connectivity index (χ4n) is 2.40. The van der Waals surface area contributed by atoms with E-state index in [-0.39, 0.29) is 23.1 Å². The summed E-state index contributed by atoms with van der Waals surface area (Å²) in [6, 6.07) is 0. The van der Waals surface area contributed by atoms with Gasteiger partial charge in [0.15, 0.2) is 9.84 Å². The molecule has 2 fully saturated rings. The Kier molecular flexibility index (Phi) is 3.05. The highest BCUT2D eigenvalue weighted by Crippen LogP contribution is 2.28. The van der Waals surface area contributed by atoms with E-state index in [0.717, 1.165) is 12.8 Å². The molecule has 1 aliphatic heterocycles. The average molecular weight is 233 g/mol. The van der Waals surface area contributed by atoms with Crippen LogP contribution in [0.3, 0.4) is 0 Å². The molecule has 0 radical (unpaired) electrons. The first kappa shape index (κ1) is 11.4. The molecule has 0 aromatic rings. The van der Waals surface area contributed by atoms with Crippen molar-refractivity contribution in [2.24, 2.45) is 5.73 Å². The lowest BCUT2D eigenvalue weighted by atomic mass is 10.0. The van der Waals surface area contributed by atoms with Crippen molar-refractivity contribution in [3.05, 3.63) is 0 Å². The maximum absolute atomic E-state index is 11.2. The van der Waals surface area contributed by atoms with E-state index in [0.29, 0.717) is 13.0 Å². The van der Waals surface area contributed by atoms with Crippen LogP contribution in [0, 0.1) is 0 Å². The predicted molar refractivity (Wildman–Crippen MR) is 58.4 cm³/mol. The van der Waals surface area contributed by atoms with Gasteiger partial charge in [-0.05, 0) is 19.3 Å². The lowest BCUT2D eigenvalue weighted by molar-refractivity contribution is 0.0355. The quantitative estimate of drug-likeness (QED) is 0.769. The summed E-state index contributed by atoms with van der Waals surface area (Å²) in [5.41, 5.74) is 5.94. The van der Waals surface area contributed by atoms with Gasteiger partial charge in [0.1, 0.15) is 0 Å². The molecule has 1 saturated heterocycles. The van der Waals surface area contributed by atoms with Crippen molar-refractivity contribution in [2.75, 3.05) is 18.1 Å². The third-order valence-electron chi connectivity index (χ3n) is 3.40. The Morgan fingerprint density at radius 1 is 1.33 bits per heavy atom. The molecule has 0 aromatic carbocycles. The summed E-state index contributed by atoms with van der Waals surface area (Å²) in [7, 11) is -2.83. The Morgan fingerprint density at radius 3 is 2.53 bits per heavy atom. The van der Waals surface area contributed by atoms with E-state index in [9.17, 15) is 8.42 Å². The zero-order valence-corrected chi connectivity index (χ0v) is 9.76. The Hall–Kier alpha value is -0.130. The van der Waals surface area contributed by atoms with Gasteiger partial charge in [-0.2, -0.15) is 0 Å². The standard InChI is InChI=1S/C10H19NO3S/c11-10(4-1-2-5-10)8-14-9-3-6-15(12,13)7-9/h9H,1-8,11H2. The Bertz CT molecular complexity index is 320. The smallest absolute Gasteiger partial charge is 0.152 e. The van der Waals surface area contributed by atoms with Gasteiger partial charge < -0.3 is 10.5 Å². The van der Waals surface area contributed by atoms with Gasteiger partial charge in [-0.1, -0.05) is 12.8 Å². The summed E-state index contributed by atoms with van der Waals surface area (Å²) in [5.74, 6) is 0.457. The molecule has 0 amide bonds. The van der Waals surface area contributed by atoms with Crippen LogP contribution in [0.1, 0.15) is 32.1 Å². The molecule has 1 unspecified atom stereocenters. The van der Waals surface area contributed by atoms with E-state index in [2.05, 4.69) is 0 Å². The first-order valence-corrected chi connectivity index (χ1v) is 7.42. The second-order valence-electron chi connectivity index (χ2n) is 4.91. The molecule has 2 rings (SSSR count). The van der Waals surface area contributed by atoms with E-state index in [1.807, 2.05) is 0 Å². The Balaban J connectivity index is 1.79. The van der Waals surface area contributed by atoms with E-state index >= 15 is 0 Å². The Labute approximate surface area is 91.1 Å². The highest BCUT2D eigenvalue weighted by Gasteiger charge is 2.33. The minimum Gasteiger partial charge on any atom is -0.375 e. The molecular weight excluding hydrogens is 214 g/mol. The van der Waals surface area contributed by atoms with E-state index in [1.165, 1.54) is 12.8 Å². The summed E-state index contributed by atoms with van der Waals surface area (Å²) < 4.78 is 28.0. The molecule has 2 N–H and O–H groups in total. The van der Waals surface area contributed by atoms with E-state index in [1.54, 1.807) is 0 Å². The monoisotopic (exact) mass is 233 g/mol. The summed E-state index contributed by atoms with van der Waals surface area (Å²) in [6.45, 7) is 0.521. The predicted octanol–water partition coefficient (Wildman–Crippen LogP) is 0.462. The normalized spacial score (nSPS) is 33.3. The highest BCUT2D eigenvalue weighted by molar-refractivity contribution is 7.91. The molecule has 1 heterocycles. The highest BCUT2D eigenvalue weighted by atomic mass is 32.2. The van der Waals surface area contributed by atoms with Gasteiger partial charge in [0, 0.05) is 5.54 Å². The molecule has 1 aliphatic carbocycles. The second kappa shape index (κ2) is 4.03. The van der Waals surface area contributed by atoms with Crippen LogP contribution in [0.5, 0.6) is 0 Å². The van der Waals surface area contributed by atoms with Crippen LogP contribution in [0.15, 0.2) is 0 Å². The number of sulfone groups is 1. The first-order valence-electron chi connectivity index (χ1n) is 5.60. The zero-order chi connectivity index (χ0) is 10.9. The fraction of sp³-hybridized carbons (Fsp3) is 1.00. The number of rotatable bonds is 3. The van der Waals surface area contributed by atoms with Crippen molar-refractivity contribution in [2.45, 2.75) is 43.7 Å². The van der Waals surface area contributed by atoms with Crippen molar-refractivity contribution >= 4 is 9.84 Å². The number of hydrogen-bond donors (Lipinski definition) is 1. The lowest BCUT2D eigenvalue weighted by Gasteiger charge is -2.25. The minimum absolute atomic E-state index is 0.115. The molecule has 0 spiro atoms. The van der Waals surface area contributed by atoms with Crippen LogP contribution in [0.2, 0.25) is 0 Å². The maximum Gasteiger partial charge on any atom is 0.152 e. The Morgan fingerprint density at radius 2 is 2.00 bits per heavy atom. The summed E-state index contributed by atoms with van der Waals surface area (Å²) in [6.07, 6.45) is 4.87. The number of ether oxygens (including phenoxy) is 1. The number of nitrogens with two attached hydrogens (primary N) is 1. The summed E-state index contributed by atoms with van der Waals surface area (Å²) in [5, 5.41) is 0. The van der Waals surface area contributed by atoms with Gasteiger partial charge in [0.05, 0.1) is 24.2 Å². The van der Waals surface area contributed by atoms with Gasteiger partial charge >= 0.3 is 0 Å².